The van der Waals surface area contributed by atoms with Crippen molar-refractivity contribution in [3.05, 3.63) is 68.1 Å². The van der Waals surface area contributed by atoms with Crippen molar-refractivity contribution in [3.63, 3.8) is 0 Å². The number of rotatable bonds is 8. The molecule has 1 heterocycles. The number of amides is 1. The lowest BCUT2D eigenvalue weighted by Gasteiger charge is -2.31. The number of nitrogens with one attached hydrogen (secondary N) is 1. The Morgan fingerprint density at radius 2 is 1.76 bits per heavy atom. The monoisotopic (exact) mass is 514 g/mol. The maximum Gasteiger partial charge on any atom is 0.223 e. The fourth-order valence-electron chi connectivity index (χ4n) is 3.41. The van der Waals surface area contributed by atoms with Crippen LogP contribution in [-0.2, 0) is 17.1 Å². The molecule has 156 valence electrons. The van der Waals surface area contributed by atoms with Gasteiger partial charge in [0.05, 0.1) is 10.0 Å². The fraction of sp³-hybridized carbons (Fsp3) is 0.409. The molecule has 0 unspecified atom stereocenters. The van der Waals surface area contributed by atoms with Gasteiger partial charge in [0.2, 0.25) is 5.91 Å². The quantitative estimate of drug-likeness (QED) is 0.436. The Kier molecular flexibility index (Phi) is 9.19. The molecule has 0 radical (unpaired) electrons. The number of nitrogens with zero attached hydrogens (tertiary/aromatic N) is 1. The normalized spacial score (nSPS) is 15.4. The van der Waals surface area contributed by atoms with Gasteiger partial charge >= 0.3 is 0 Å². The van der Waals surface area contributed by atoms with Gasteiger partial charge in [0.15, 0.2) is 0 Å². The third kappa shape index (κ3) is 7.48. The standard InChI is InChI=1S/C22H25BrCl2N2OS/c23-19-4-1-16(2-5-19)14-27-10-7-18(8-11-27)22(28)26-9-12-29-15-17-3-6-20(24)21(25)13-17/h1-6,13,18H,7-12,14-15H2,(H,26,28). The molecule has 2 aromatic carbocycles. The van der Waals surface area contributed by atoms with Gasteiger partial charge in [-0.1, -0.05) is 57.3 Å². The molecule has 3 rings (SSSR count). The zero-order valence-corrected chi connectivity index (χ0v) is 20.1. The first-order chi connectivity index (χ1) is 14.0. The minimum absolute atomic E-state index is 0.135. The van der Waals surface area contributed by atoms with Crippen LogP contribution in [0.25, 0.3) is 0 Å². The predicted octanol–water partition coefficient (Wildman–Crippen LogP) is 6.02. The molecule has 1 aliphatic heterocycles. The average Bonchev–Trinajstić information content (AvgIpc) is 2.72. The highest BCUT2D eigenvalue weighted by Gasteiger charge is 2.24. The largest absolute Gasteiger partial charge is 0.355 e. The smallest absolute Gasteiger partial charge is 0.223 e. The van der Waals surface area contributed by atoms with Crippen LogP contribution in [0.3, 0.4) is 0 Å². The molecule has 29 heavy (non-hydrogen) atoms. The number of likely N-dealkylation sites (tertiary alicyclic amines) is 1. The van der Waals surface area contributed by atoms with E-state index >= 15 is 0 Å². The van der Waals surface area contributed by atoms with Crippen molar-refractivity contribution in [1.29, 1.82) is 0 Å². The molecule has 7 heteroatoms. The van der Waals surface area contributed by atoms with Gasteiger partial charge in [0.25, 0.3) is 0 Å². The number of hydrogen-bond donors (Lipinski definition) is 1. The first kappa shape index (κ1) is 23.0. The molecular formula is C22H25BrCl2N2OS. The van der Waals surface area contributed by atoms with Crippen LogP contribution in [0.5, 0.6) is 0 Å². The summed E-state index contributed by atoms with van der Waals surface area (Å²) in [4.78, 5) is 14.9. The van der Waals surface area contributed by atoms with Crippen LogP contribution in [-0.4, -0.2) is 36.2 Å². The number of halogens is 3. The van der Waals surface area contributed by atoms with Crippen LogP contribution >= 0.6 is 50.9 Å². The second kappa shape index (κ2) is 11.6. The van der Waals surface area contributed by atoms with E-state index in [0.717, 1.165) is 54.0 Å². The molecule has 0 aliphatic carbocycles. The molecule has 1 saturated heterocycles. The molecule has 1 N–H and O–H groups in total. The Morgan fingerprint density at radius 1 is 1.07 bits per heavy atom. The van der Waals surface area contributed by atoms with E-state index in [1.54, 1.807) is 11.8 Å². The number of benzene rings is 2. The van der Waals surface area contributed by atoms with Crippen molar-refractivity contribution >= 4 is 56.8 Å². The molecule has 0 bridgehead atoms. The van der Waals surface area contributed by atoms with Crippen LogP contribution in [0.1, 0.15) is 24.0 Å². The minimum Gasteiger partial charge on any atom is -0.355 e. The molecular weight excluding hydrogens is 491 g/mol. The number of carbonyl (C=O) groups excluding carboxylic acids is 1. The number of thioether (sulfide) groups is 1. The van der Waals surface area contributed by atoms with E-state index in [0.29, 0.717) is 16.6 Å². The lowest BCUT2D eigenvalue weighted by molar-refractivity contribution is -0.126. The predicted molar refractivity (Wildman–Crippen MR) is 128 cm³/mol. The van der Waals surface area contributed by atoms with Gasteiger partial charge in [-0.25, -0.2) is 0 Å². The highest BCUT2D eigenvalue weighted by Crippen LogP contribution is 2.24. The van der Waals surface area contributed by atoms with Crippen molar-refractivity contribution < 1.29 is 4.79 Å². The second-order valence-electron chi connectivity index (χ2n) is 7.27. The topological polar surface area (TPSA) is 32.3 Å². The summed E-state index contributed by atoms with van der Waals surface area (Å²) in [5.74, 6) is 2.08. The van der Waals surface area contributed by atoms with Crippen molar-refractivity contribution in [3.8, 4) is 0 Å². The fourth-order valence-corrected chi connectivity index (χ4v) is 4.80. The Hall–Kier alpha value is -0.720. The maximum absolute atomic E-state index is 12.4. The maximum atomic E-state index is 12.4. The number of carbonyl (C=O) groups is 1. The van der Waals surface area contributed by atoms with E-state index in [-0.39, 0.29) is 11.8 Å². The van der Waals surface area contributed by atoms with Crippen molar-refractivity contribution in [2.24, 2.45) is 5.92 Å². The van der Waals surface area contributed by atoms with Gasteiger partial charge < -0.3 is 5.32 Å². The third-order valence-corrected chi connectivity index (χ3v) is 7.37. The van der Waals surface area contributed by atoms with Gasteiger partial charge in [0.1, 0.15) is 0 Å². The molecule has 0 saturated carbocycles. The van der Waals surface area contributed by atoms with E-state index in [9.17, 15) is 4.79 Å². The number of hydrogen-bond acceptors (Lipinski definition) is 3. The summed E-state index contributed by atoms with van der Waals surface area (Å²) in [5.41, 5.74) is 2.46. The summed E-state index contributed by atoms with van der Waals surface area (Å²) in [6.07, 6.45) is 1.86. The molecule has 0 atom stereocenters. The highest BCUT2D eigenvalue weighted by molar-refractivity contribution is 9.10. The molecule has 1 aliphatic rings. The average molecular weight is 516 g/mol. The first-order valence-corrected chi connectivity index (χ1v) is 12.5. The minimum atomic E-state index is 0.135. The van der Waals surface area contributed by atoms with E-state index in [1.807, 2.05) is 18.2 Å². The SMILES string of the molecule is O=C(NCCSCc1ccc(Cl)c(Cl)c1)C1CCN(Cc2ccc(Br)cc2)CC1. The Morgan fingerprint density at radius 3 is 2.45 bits per heavy atom. The molecule has 1 amide bonds. The van der Waals surface area contributed by atoms with Crippen LogP contribution in [0, 0.1) is 5.92 Å². The summed E-state index contributed by atoms with van der Waals surface area (Å²) >= 11 is 17.2. The summed E-state index contributed by atoms with van der Waals surface area (Å²) in [5, 5.41) is 4.27. The zero-order chi connectivity index (χ0) is 20.6. The first-order valence-electron chi connectivity index (χ1n) is 9.77. The molecule has 3 nitrogen and oxygen atoms in total. The Bertz CT molecular complexity index is 811. The Labute approximate surface area is 195 Å². The van der Waals surface area contributed by atoms with Crippen molar-refractivity contribution in [2.75, 3.05) is 25.4 Å². The summed E-state index contributed by atoms with van der Waals surface area (Å²) < 4.78 is 1.10. The third-order valence-electron chi connectivity index (χ3n) is 5.08. The number of piperidine rings is 1. The van der Waals surface area contributed by atoms with Gasteiger partial charge in [-0.05, 0) is 61.3 Å². The van der Waals surface area contributed by atoms with Crippen molar-refractivity contribution in [2.45, 2.75) is 25.1 Å². The lowest BCUT2D eigenvalue weighted by Crippen LogP contribution is -2.40. The van der Waals surface area contributed by atoms with Crippen LogP contribution < -0.4 is 5.32 Å². The highest BCUT2D eigenvalue weighted by atomic mass is 79.9. The summed E-state index contributed by atoms with van der Waals surface area (Å²) in [7, 11) is 0. The van der Waals surface area contributed by atoms with Gasteiger partial charge in [0, 0.05) is 35.0 Å². The van der Waals surface area contributed by atoms with Crippen LogP contribution in [0.15, 0.2) is 46.9 Å². The zero-order valence-electron chi connectivity index (χ0n) is 16.2. The molecule has 1 fully saturated rings. The van der Waals surface area contributed by atoms with Crippen molar-refractivity contribution in [1.82, 2.24) is 10.2 Å². The molecule has 0 spiro atoms. The second-order valence-corrected chi connectivity index (χ2v) is 10.1. The van der Waals surface area contributed by atoms with E-state index in [1.165, 1.54) is 5.56 Å². The van der Waals surface area contributed by atoms with Crippen LogP contribution in [0.4, 0.5) is 0 Å². The van der Waals surface area contributed by atoms with Gasteiger partial charge in [-0.3, -0.25) is 9.69 Å². The lowest BCUT2D eigenvalue weighted by atomic mass is 9.95. The summed E-state index contributed by atoms with van der Waals surface area (Å²) in [6, 6.07) is 14.2. The van der Waals surface area contributed by atoms with Gasteiger partial charge in [-0.15, -0.1) is 0 Å². The van der Waals surface area contributed by atoms with E-state index in [4.69, 9.17) is 23.2 Å². The Balaban J connectivity index is 1.30. The van der Waals surface area contributed by atoms with Crippen LogP contribution in [0.2, 0.25) is 10.0 Å². The molecule has 0 aromatic heterocycles. The van der Waals surface area contributed by atoms with E-state index in [2.05, 4.69) is 50.4 Å². The molecule has 2 aromatic rings. The van der Waals surface area contributed by atoms with Gasteiger partial charge in [-0.2, -0.15) is 11.8 Å². The van der Waals surface area contributed by atoms with E-state index < -0.39 is 0 Å². The summed E-state index contributed by atoms with van der Waals surface area (Å²) in [6.45, 7) is 3.59.